The van der Waals surface area contributed by atoms with Gasteiger partial charge in [0.05, 0.1) is 13.2 Å². The molecule has 0 spiro atoms. The summed E-state index contributed by atoms with van der Waals surface area (Å²) in [6, 6.07) is 8.49. The van der Waals surface area contributed by atoms with E-state index in [1.807, 2.05) is 6.92 Å². The zero-order valence-corrected chi connectivity index (χ0v) is 15.4. The van der Waals surface area contributed by atoms with Gasteiger partial charge in [0.25, 0.3) is 0 Å². The first-order valence-corrected chi connectivity index (χ1v) is 9.59. The predicted molar refractivity (Wildman–Crippen MR) is 101 cm³/mol. The van der Waals surface area contributed by atoms with Gasteiger partial charge >= 0.3 is 0 Å². The van der Waals surface area contributed by atoms with E-state index in [0.717, 1.165) is 51.4 Å². The highest BCUT2D eigenvalue weighted by molar-refractivity contribution is 5.78. The number of likely N-dealkylation sites (tertiary alicyclic amines) is 1. The maximum Gasteiger partial charge on any atom is 0.191 e. The van der Waals surface area contributed by atoms with Crippen molar-refractivity contribution in [2.45, 2.75) is 44.4 Å². The van der Waals surface area contributed by atoms with Crippen molar-refractivity contribution >= 4 is 5.96 Å². The van der Waals surface area contributed by atoms with Crippen LogP contribution < -0.4 is 10.5 Å². The Labute approximate surface area is 151 Å². The average molecular weight is 345 g/mol. The predicted octanol–water partition coefficient (Wildman–Crippen LogP) is 2.93. The Morgan fingerprint density at radius 3 is 2.48 bits per heavy atom. The van der Waals surface area contributed by atoms with Crippen LogP contribution in [0.2, 0.25) is 0 Å². The molecule has 0 unspecified atom stereocenters. The van der Waals surface area contributed by atoms with E-state index in [9.17, 15) is 0 Å². The highest BCUT2D eigenvalue weighted by atomic mass is 16.5. The summed E-state index contributed by atoms with van der Waals surface area (Å²) >= 11 is 0. The number of hydrogen-bond acceptors (Lipinski definition) is 3. The minimum Gasteiger partial charge on any atom is -0.494 e. The van der Waals surface area contributed by atoms with Crippen molar-refractivity contribution in [3.63, 3.8) is 0 Å². The molecule has 138 valence electrons. The van der Waals surface area contributed by atoms with Crippen LogP contribution in [0.4, 0.5) is 0 Å². The molecule has 0 amide bonds. The van der Waals surface area contributed by atoms with Gasteiger partial charge in [-0.1, -0.05) is 12.1 Å². The first-order valence-electron chi connectivity index (χ1n) is 9.59. The lowest BCUT2D eigenvalue weighted by Gasteiger charge is -2.37. The molecule has 25 heavy (non-hydrogen) atoms. The summed E-state index contributed by atoms with van der Waals surface area (Å²) in [5, 5.41) is 0. The molecule has 0 aromatic heterocycles. The van der Waals surface area contributed by atoms with Gasteiger partial charge < -0.3 is 20.1 Å². The standard InChI is InChI=1S/C20H31N3O2/c1-2-25-18-8-6-17(7-9-18)20(10-14-24-15-11-20)16-22-19(21)23-12-4-3-5-13-23/h6-9H,2-5,10-16H2,1H3,(H2,21,22). The van der Waals surface area contributed by atoms with Crippen LogP contribution in [0.15, 0.2) is 29.3 Å². The molecular formula is C20H31N3O2. The molecule has 1 aromatic rings. The van der Waals surface area contributed by atoms with E-state index >= 15 is 0 Å². The van der Waals surface area contributed by atoms with Crippen LogP contribution in [0.1, 0.15) is 44.6 Å². The molecule has 0 saturated carbocycles. The molecular weight excluding hydrogens is 314 g/mol. The van der Waals surface area contributed by atoms with Gasteiger partial charge in [-0.2, -0.15) is 0 Å². The minimum absolute atomic E-state index is 0.0173. The van der Waals surface area contributed by atoms with Crippen LogP contribution in [-0.2, 0) is 10.2 Å². The number of nitrogens with two attached hydrogens (primary N) is 1. The summed E-state index contributed by atoms with van der Waals surface area (Å²) in [6.45, 7) is 7.06. The third-order valence-corrected chi connectivity index (χ3v) is 5.45. The largest absolute Gasteiger partial charge is 0.494 e. The van der Waals surface area contributed by atoms with Crippen molar-refractivity contribution in [3.8, 4) is 5.75 Å². The lowest BCUT2D eigenvalue weighted by atomic mass is 9.74. The van der Waals surface area contributed by atoms with E-state index in [-0.39, 0.29) is 5.41 Å². The quantitative estimate of drug-likeness (QED) is 0.658. The molecule has 5 nitrogen and oxygen atoms in total. The summed E-state index contributed by atoms with van der Waals surface area (Å²) in [7, 11) is 0. The van der Waals surface area contributed by atoms with Crippen LogP contribution in [-0.4, -0.2) is 50.3 Å². The molecule has 5 heteroatoms. The Hall–Kier alpha value is -1.75. The van der Waals surface area contributed by atoms with Gasteiger partial charge in [0.1, 0.15) is 5.75 Å². The normalized spacial score (nSPS) is 21.2. The first-order chi connectivity index (χ1) is 12.2. The number of piperidine rings is 1. The molecule has 2 heterocycles. The number of ether oxygens (including phenoxy) is 2. The fraction of sp³-hybridized carbons (Fsp3) is 0.650. The maximum atomic E-state index is 6.29. The zero-order chi connectivity index (χ0) is 17.5. The molecule has 2 fully saturated rings. The van der Waals surface area contributed by atoms with E-state index < -0.39 is 0 Å². The van der Waals surface area contributed by atoms with Crippen molar-refractivity contribution in [1.82, 2.24) is 4.90 Å². The number of rotatable bonds is 5. The van der Waals surface area contributed by atoms with E-state index in [0.29, 0.717) is 12.6 Å². The van der Waals surface area contributed by atoms with Gasteiger partial charge in [0.15, 0.2) is 5.96 Å². The number of guanidine groups is 1. The van der Waals surface area contributed by atoms with Crippen LogP contribution in [0.25, 0.3) is 0 Å². The zero-order valence-electron chi connectivity index (χ0n) is 15.4. The fourth-order valence-corrected chi connectivity index (χ4v) is 3.83. The van der Waals surface area contributed by atoms with Crippen LogP contribution in [0.3, 0.4) is 0 Å². The van der Waals surface area contributed by atoms with Crippen molar-refractivity contribution in [2.24, 2.45) is 10.7 Å². The fourth-order valence-electron chi connectivity index (χ4n) is 3.83. The lowest BCUT2D eigenvalue weighted by Crippen LogP contribution is -2.43. The Bertz CT molecular complexity index is 559. The van der Waals surface area contributed by atoms with Crippen LogP contribution in [0.5, 0.6) is 5.75 Å². The van der Waals surface area contributed by atoms with Crippen molar-refractivity contribution in [2.75, 3.05) is 39.5 Å². The lowest BCUT2D eigenvalue weighted by molar-refractivity contribution is 0.0530. The van der Waals surface area contributed by atoms with Gasteiger partial charge in [-0.15, -0.1) is 0 Å². The third-order valence-electron chi connectivity index (χ3n) is 5.45. The summed E-state index contributed by atoms with van der Waals surface area (Å²) in [5.41, 5.74) is 7.62. The molecule has 0 bridgehead atoms. The van der Waals surface area contributed by atoms with Gasteiger partial charge in [-0.3, -0.25) is 4.99 Å². The second kappa shape index (κ2) is 8.56. The van der Waals surface area contributed by atoms with E-state index in [4.69, 9.17) is 20.2 Å². The minimum atomic E-state index is 0.0173. The first kappa shape index (κ1) is 18.1. The van der Waals surface area contributed by atoms with E-state index in [2.05, 4.69) is 29.2 Å². The Morgan fingerprint density at radius 1 is 1.16 bits per heavy atom. The second-order valence-electron chi connectivity index (χ2n) is 7.07. The van der Waals surface area contributed by atoms with Crippen LogP contribution in [0, 0.1) is 0 Å². The second-order valence-corrected chi connectivity index (χ2v) is 7.07. The summed E-state index contributed by atoms with van der Waals surface area (Å²) in [6.07, 6.45) is 5.70. The smallest absolute Gasteiger partial charge is 0.191 e. The number of benzene rings is 1. The molecule has 0 radical (unpaired) electrons. The van der Waals surface area contributed by atoms with Gasteiger partial charge in [-0.25, -0.2) is 0 Å². The topological polar surface area (TPSA) is 60.1 Å². The molecule has 3 rings (SSSR count). The van der Waals surface area contributed by atoms with Crippen molar-refractivity contribution < 1.29 is 9.47 Å². The molecule has 2 saturated heterocycles. The van der Waals surface area contributed by atoms with E-state index in [1.165, 1.54) is 24.8 Å². The van der Waals surface area contributed by atoms with Crippen molar-refractivity contribution in [1.29, 1.82) is 0 Å². The van der Waals surface area contributed by atoms with E-state index in [1.54, 1.807) is 0 Å². The van der Waals surface area contributed by atoms with Gasteiger partial charge in [-0.05, 0) is 56.7 Å². The number of nitrogens with zero attached hydrogens (tertiary/aromatic N) is 2. The average Bonchev–Trinajstić information content (AvgIpc) is 2.68. The molecule has 2 aliphatic heterocycles. The summed E-state index contributed by atoms with van der Waals surface area (Å²) < 4.78 is 11.2. The summed E-state index contributed by atoms with van der Waals surface area (Å²) in [5.74, 6) is 1.63. The maximum absolute atomic E-state index is 6.29. The molecule has 2 N–H and O–H groups in total. The Balaban J connectivity index is 1.76. The summed E-state index contributed by atoms with van der Waals surface area (Å²) in [4.78, 5) is 7.04. The highest BCUT2D eigenvalue weighted by Gasteiger charge is 2.34. The van der Waals surface area contributed by atoms with Crippen molar-refractivity contribution in [3.05, 3.63) is 29.8 Å². The number of hydrogen-bond donors (Lipinski definition) is 1. The van der Waals surface area contributed by atoms with Gasteiger partial charge in [0, 0.05) is 31.7 Å². The SMILES string of the molecule is CCOc1ccc(C2(CN=C(N)N3CCCCC3)CCOCC2)cc1. The third kappa shape index (κ3) is 4.46. The molecule has 2 aliphatic rings. The monoisotopic (exact) mass is 345 g/mol. The van der Waals surface area contributed by atoms with Gasteiger partial charge in [0.2, 0.25) is 0 Å². The molecule has 1 aromatic carbocycles. The molecule has 0 atom stereocenters. The number of aliphatic imine (C=N–C) groups is 1. The Kier molecular flexibility index (Phi) is 6.19. The Morgan fingerprint density at radius 2 is 1.84 bits per heavy atom. The molecule has 0 aliphatic carbocycles. The highest BCUT2D eigenvalue weighted by Crippen LogP contribution is 2.36. The van der Waals surface area contributed by atoms with Crippen LogP contribution >= 0.6 is 0 Å².